The van der Waals surface area contributed by atoms with Gasteiger partial charge in [0.2, 0.25) is 0 Å². The van der Waals surface area contributed by atoms with Crippen LogP contribution in [0.1, 0.15) is 88.0 Å². The second-order valence-electron chi connectivity index (χ2n) is 8.82. The lowest BCUT2D eigenvalue weighted by Crippen LogP contribution is -2.41. The van der Waals surface area contributed by atoms with Crippen LogP contribution in [0.4, 0.5) is 0 Å². The molecule has 0 unspecified atom stereocenters. The number of nitrogens with zero attached hydrogens (tertiary/aromatic N) is 1. The van der Waals surface area contributed by atoms with E-state index in [9.17, 15) is 0 Å². The molecule has 0 aliphatic carbocycles. The maximum absolute atomic E-state index is 2.56. The Balaban J connectivity index is 4.66. The van der Waals surface area contributed by atoms with E-state index in [2.05, 4.69) is 91.5 Å². The Morgan fingerprint density at radius 1 is 0.640 bits per heavy atom. The summed E-state index contributed by atoms with van der Waals surface area (Å²) >= 11 is 0. The van der Waals surface area contributed by atoms with Crippen LogP contribution in [-0.4, -0.2) is 23.5 Å². The van der Waals surface area contributed by atoms with Gasteiger partial charge in [-0.05, 0) is 88.0 Å². The first-order valence-electron chi connectivity index (χ1n) is 9.85. The van der Waals surface area contributed by atoms with Gasteiger partial charge in [-0.25, -0.2) is 0 Å². The number of hydrogen-bond acceptors (Lipinski definition) is 1. The Bertz CT molecular complexity index is 447. The molecule has 0 fully saturated rings. The minimum absolute atomic E-state index is 0.188. The van der Waals surface area contributed by atoms with E-state index in [1.54, 1.807) is 0 Å². The van der Waals surface area contributed by atoms with Crippen LogP contribution in [0.2, 0.25) is 0 Å². The quantitative estimate of drug-likeness (QED) is 0.371. The Labute approximate surface area is 158 Å². The highest BCUT2D eigenvalue weighted by Gasteiger charge is 2.18. The summed E-state index contributed by atoms with van der Waals surface area (Å²) in [5, 5.41) is 0. The van der Waals surface area contributed by atoms with E-state index in [-0.39, 0.29) is 5.54 Å². The second kappa shape index (κ2) is 12.3. The lowest BCUT2D eigenvalue weighted by Gasteiger charge is -2.34. The van der Waals surface area contributed by atoms with Crippen molar-refractivity contribution in [1.29, 1.82) is 0 Å². The summed E-state index contributed by atoms with van der Waals surface area (Å²) in [6.45, 7) is 22.2. The molecule has 0 saturated carbocycles. The van der Waals surface area contributed by atoms with Crippen LogP contribution in [-0.2, 0) is 0 Å². The summed E-state index contributed by atoms with van der Waals surface area (Å²) in [4.78, 5) is 2.56. The highest BCUT2D eigenvalue weighted by molar-refractivity contribution is 5.06. The third kappa shape index (κ3) is 13.8. The van der Waals surface area contributed by atoms with E-state index < -0.39 is 0 Å². The van der Waals surface area contributed by atoms with Crippen molar-refractivity contribution in [2.75, 3.05) is 13.1 Å². The monoisotopic (exact) mass is 345 g/mol. The molecule has 0 radical (unpaired) electrons. The summed E-state index contributed by atoms with van der Waals surface area (Å²) in [6, 6.07) is 0. The van der Waals surface area contributed by atoms with Crippen LogP contribution in [0.25, 0.3) is 0 Å². The van der Waals surface area contributed by atoms with E-state index in [0.29, 0.717) is 0 Å². The minimum Gasteiger partial charge on any atom is -0.291 e. The molecule has 0 bridgehead atoms. The number of hydrogen-bond donors (Lipinski definition) is 0. The average molecular weight is 346 g/mol. The summed E-state index contributed by atoms with van der Waals surface area (Å²) in [6.07, 6.45) is 14.1. The van der Waals surface area contributed by atoms with Crippen LogP contribution in [0.5, 0.6) is 0 Å². The number of rotatable bonds is 10. The molecule has 0 N–H and O–H groups in total. The topological polar surface area (TPSA) is 3.24 Å². The molecule has 0 aliphatic heterocycles. The molecule has 0 spiro atoms. The largest absolute Gasteiger partial charge is 0.291 e. The highest BCUT2D eigenvalue weighted by atomic mass is 15.2. The molecule has 0 aromatic carbocycles. The fourth-order valence-corrected chi connectivity index (χ4v) is 2.54. The van der Waals surface area contributed by atoms with Gasteiger partial charge in [-0.3, -0.25) is 4.90 Å². The predicted octanol–water partition coefficient (Wildman–Crippen LogP) is 7.47. The van der Waals surface area contributed by atoms with Crippen molar-refractivity contribution in [1.82, 2.24) is 4.90 Å². The van der Waals surface area contributed by atoms with Gasteiger partial charge in [0, 0.05) is 18.6 Å². The molecule has 0 saturated heterocycles. The van der Waals surface area contributed by atoms with E-state index in [0.717, 1.165) is 25.9 Å². The molecule has 1 nitrogen and oxygen atoms in total. The average Bonchev–Trinajstić information content (AvgIpc) is 2.44. The van der Waals surface area contributed by atoms with Gasteiger partial charge in [0.05, 0.1) is 0 Å². The van der Waals surface area contributed by atoms with Crippen LogP contribution >= 0.6 is 0 Å². The van der Waals surface area contributed by atoms with E-state index >= 15 is 0 Å². The first-order valence-corrected chi connectivity index (χ1v) is 9.85. The van der Waals surface area contributed by atoms with Crippen molar-refractivity contribution in [2.45, 2.75) is 93.5 Å². The molecule has 144 valence electrons. The highest BCUT2D eigenvalue weighted by Crippen LogP contribution is 2.16. The molecule has 0 atom stereocenters. The normalized spacial score (nSPS) is 13.2. The predicted molar refractivity (Wildman–Crippen MR) is 116 cm³/mol. The van der Waals surface area contributed by atoms with Gasteiger partial charge in [0.25, 0.3) is 0 Å². The van der Waals surface area contributed by atoms with Gasteiger partial charge in [-0.1, -0.05) is 46.6 Å². The van der Waals surface area contributed by atoms with Gasteiger partial charge in [0.1, 0.15) is 0 Å². The molecular formula is C24H43N. The molecule has 1 heteroatoms. The Hall–Kier alpha value is -1.08. The van der Waals surface area contributed by atoms with Gasteiger partial charge in [0.15, 0.2) is 0 Å². The van der Waals surface area contributed by atoms with Crippen LogP contribution in [0.3, 0.4) is 0 Å². The zero-order valence-electron chi connectivity index (χ0n) is 18.5. The van der Waals surface area contributed by atoms with Crippen LogP contribution in [0.15, 0.2) is 46.6 Å². The Kier molecular flexibility index (Phi) is 11.8. The molecule has 0 amide bonds. The van der Waals surface area contributed by atoms with Gasteiger partial charge in [-0.15, -0.1) is 0 Å². The molecule has 0 heterocycles. The van der Waals surface area contributed by atoms with Crippen LogP contribution in [0, 0.1) is 0 Å². The van der Waals surface area contributed by atoms with Gasteiger partial charge < -0.3 is 0 Å². The standard InChI is InChI=1S/C24H43N/c1-20(2)12-10-14-22(5)16-18-25(24(7,8)9)19-17-23(6)15-11-13-21(3)4/h12-13,16-17H,10-11,14-15,18-19H2,1-9H3/b22-16+,23-17+. The number of allylic oxidation sites excluding steroid dienone is 6. The van der Waals surface area contributed by atoms with E-state index in [1.165, 1.54) is 35.1 Å². The summed E-state index contributed by atoms with van der Waals surface area (Å²) in [5.41, 5.74) is 6.01. The second-order valence-corrected chi connectivity index (χ2v) is 8.82. The fraction of sp³-hybridized carbons (Fsp3) is 0.667. The summed E-state index contributed by atoms with van der Waals surface area (Å²) < 4.78 is 0. The van der Waals surface area contributed by atoms with Crippen LogP contribution < -0.4 is 0 Å². The van der Waals surface area contributed by atoms with Crippen molar-refractivity contribution in [3.05, 3.63) is 46.6 Å². The van der Waals surface area contributed by atoms with Crippen molar-refractivity contribution >= 4 is 0 Å². The van der Waals surface area contributed by atoms with E-state index in [1.807, 2.05) is 0 Å². The maximum atomic E-state index is 2.56. The summed E-state index contributed by atoms with van der Waals surface area (Å²) in [5.74, 6) is 0. The van der Waals surface area contributed by atoms with E-state index in [4.69, 9.17) is 0 Å². The zero-order valence-corrected chi connectivity index (χ0v) is 18.5. The first-order chi connectivity index (χ1) is 11.5. The minimum atomic E-state index is 0.188. The van der Waals surface area contributed by atoms with Gasteiger partial charge >= 0.3 is 0 Å². The third-order valence-electron chi connectivity index (χ3n) is 4.45. The molecular weight excluding hydrogens is 302 g/mol. The molecule has 0 aliphatic rings. The Morgan fingerprint density at radius 2 is 1.00 bits per heavy atom. The molecule has 25 heavy (non-hydrogen) atoms. The first kappa shape index (κ1) is 23.9. The molecule has 0 aromatic heterocycles. The summed E-state index contributed by atoms with van der Waals surface area (Å²) in [7, 11) is 0. The molecule has 0 aromatic rings. The zero-order chi connectivity index (χ0) is 19.5. The fourth-order valence-electron chi connectivity index (χ4n) is 2.54. The smallest absolute Gasteiger partial charge is 0.0174 e. The van der Waals surface area contributed by atoms with Crippen molar-refractivity contribution in [3.8, 4) is 0 Å². The SMILES string of the molecule is CC(C)=CCC/C(C)=C/CN(C/C=C(\C)CCC=C(C)C)C(C)(C)C. The molecule has 0 rings (SSSR count). The van der Waals surface area contributed by atoms with Crippen molar-refractivity contribution < 1.29 is 0 Å². The lowest BCUT2D eigenvalue weighted by molar-refractivity contribution is 0.172. The van der Waals surface area contributed by atoms with Crippen molar-refractivity contribution in [2.24, 2.45) is 0 Å². The Morgan fingerprint density at radius 3 is 1.28 bits per heavy atom. The maximum Gasteiger partial charge on any atom is 0.0174 e. The third-order valence-corrected chi connectivity index (χ3v) is 4.45. The van der Waals surface area contributed by atoms with Crippen molar-refractivity contribution in [3.63, 3.8) is 0 Å². The lowest BCUT2D eigenvalue weighted by atomic mass is 10.0. The van der Waals surface area contributed by atoms with Gasteiger partial charge in [-0.2, -0.15) is 0 Å².